The number of alkyl halides is 3. The molecule has 3 aromatic rings. The van der Waals surface area contributed by atoms with Crippen LogP contribution in [0.4, 0.5) is 37.4 Å². The molecule has 23 heteroatoms. The quantitative estimate of drug-likeness (QED) is 0.0324. The summed E-state index contributed by atoms with van der Waals surface area (Å²) in [7, 11) is 1.98. The molecule has 2 unspecified atom stereocenters. The number of methoxy groups -OCH3 is 2. The van der Waals surface area contributed by atoms with Crippen molar-refractivity contribution in [1.29, 1.82) is 5.41 Å². The van der Waals surface area contributed by atoms with Crippen LogP contribution in [0.3, 0.4) is 0 Å². The monoisotopic (exact) mass is 1090 g/mol. The van der Waals surface area contributed by atoms with Gasteiger partial charge >= 0.3 is 18.4 Å². The number of amides is 4. The molecule has 4 aliphatic rings. The van der Waals surface area contributed by atoms with E-state index in [4.69, 9.17) is 19.9 Å². The fourth-order valence-electron chi connectivity index (χ4n) is 9.64. The summed E-state index contributed by atoms with van der Waals surface area (Å²) in [6.45, 7) is 8.03. The first kappa shape index (κ1) is 58.8. The van der Waals surface area contributed by atoms with Crippen LogP contribution in [0, 0.1) is 39.7 Å². The predicted octanol–water partition coefficient (Wildman–Crippen LogP) is 5.45. The number of anilines is 1. The van der Waals surface area contributed by atoms with Crippen LogP contribution in [-0.2, 0) is 36.8 Å². The fraction of sp³-hybridized carbons (Fsp3) is 0.527. The maximum Gasteiger partial charge on any atom is 0.407 e. The number of nitrogens with one attached hydrogen (secondary N) is 6. The number of carbonyl (C=O) groups excluding carboxylic acids is 4. The van der Waals surface area contributed by atoms with Crippen molar-refractivity contribution >= 4 is 35.5 Å². The van der Waals surface area contributed by atoms with Crippen molar-refractivity contribution < 1.29 is 60.4 Å². The van der Waals surface area contributed by atoms with Gasteiger partial charge in [-0.15, -0.1) is 0 Å². The van der Waals surface area contributed by atoms with Gasteiger partial charge < -0.3 is 50.9 Å². The zero-order valence-corrected chi connectivity index (χ0v) is 44.7. The summed E-state index contributed by atoms with van der Waals surface area (Å²) in [5, 5.41) is 31.4. The van der Waals surface area contributed by atoms with Crippen LogP contribution in [0.1, 0.15) is 88.1 Å². The second-order valence-corrected chi connectivity index (χ2v) is 21.9. The highest BCUT2D eigenvalue weighted by atomic mass is 19.4. The van der Waals surface area contributed by atoms with Gasteiger partial charge in [-0.25, -0.2) is 28.4 Å². The lowest BCUT2D eigenvalue weighted by Crippen LogP contribution is -2.63. The molecule has 2 bridgehead atoms. The number of halogens is 5. The van der Waals surface area contributed by atoms with Crippen LogP contribution in [-0.4, -0.2) is 151 Å². The summed E-state index contributed by atoms with van der Waals surface area (Å²) in [6.07, 6.45) is -0.768. The van der Waals surface area contributed by atoms with E-state index in [1.165, 1.54) is 12.3 Å². The van der Waals surface area contributed by atoms with Crippen LogP contribution in [0.5, 0.6) is 0 Å². The summed E-state index contributed by atoms with van der Waals surface area (Å²) >= 11 is 0. The molecule has 18 nitrogen and oxygen atoms in total. The second kappa shape index (κ2) is 24.9. The van der Waals surface area contributed by atoms with Gasteiger partial charge in [0.05, 0.1) is 56.7 Å². The molecule has 4 heterocycles. The van der Waals surface area contributed by atoms with Gasteiger partial charge in [0, 0.05) is 72.8 Å². The molecule has 7 rings (SSSR count). The van der Waals surface area contributed by atoms with Crippen molar-refractivity contribution in [2.45, 2.75) is 128 Å². The van der Waals surface area contributed by atoms with Crippen LogP contribution in [0.2, 0.25) is 0 Å². The molecule has 0 radical (unpaired) electrons. The maximum atomic E-state index is 16.1. The number of carbonyl (C=O) groups is 4. The molecule has 7 N–H and O–H groups in total. The van der Waals surface area contributed by atoms with Gasteiger partial charge in [0.2, 0.25) is 5.91 Å². The Labute approximate surface area is 450 Å². The number of hydrogen-bond acceptors (Lipinski definition) is 14. The topological polar surface area (TPSA) is 223 Å². The Morgan fingerprint density at radius 2 is 1.44 bits per heavy atom. The molecule has 422 valence electrons. The number of aromatic nitrogens is 1. The molecule has 4 fully saturated rings. The number of piperazine rings is 1. The average Bonchev–Trinajstić information content (AvgIpc) is 4.21. The summed E-state index contributed by atoms with van der Waals surface area (Å²) < 4.78 is 90.6. The first-order valence-electron chi connectivity index (χ1n) is 25.8. The first-order chi connectivity index (χ1) is 36.8. The zero-order chi connectivity index (χ0) is 56.7. The van der Waals surface area contributed by atoms with Crippen molar-refractivity contribution in [3.05, 3.63) is 106 Å². The number of aliphatic hydroxyl groups excluding tert-OH is 1. The summed E-state index contributed by atoms with van der Waals surface area (Å²) in [5.41, 5.74) is -0.684. The summed E-state index contributed by atoms with van der Waals surface area (Å²) in [4.78, 5) is 62.7. The summed E-state index contributed by atoms with van der Waals surface area (Å²) in [5.74, 6) is 2.52. The van der Waals surface area contributed by atoms with E-state index in [-0.39, 0.29) is 23.7 Å². The maximum absolute atomic E-state index is 16.1. The van der Waals surface area contributed by atoms with Gasteiger partial charge in [0.15, 0.2) is 0 Å². The number of rotatable bonds is 20. The van der Waals surface area contributed by atoms with Crippen LogP contribution in [0.25, 0.3) is 0 Å². The van der Waals surface area contributed by atoms with Gasteiger partial charge in [0.25, 0.3) is 5.91 Å². The molecule has 6 atom stereocenters. The van der Waals surface area contributed by atoms with Crippen molar-refractivity contribution in [2.75, 3.05) is 52.0 Å². The molecule has 78 heavy (non-hydrogen) atoms. The highest BCUT2D eigenvalue weighted by molar-refractivity contribution is 6.06. The number of hydrazine groups is 1. The van der Waals surface area contributed by atoms with Gasteiger partial charge in [-0.2, -0.15) is 13.2 Å². The molecule has 4 amide bonds. The van der Waals surface area contributed by atoms with Crippen molar-refractivity contribution in [3.8, 4) is 11.8 Å². The van der Waals surface area contributed by atoms with E-state index in [2.05, 4.69) is 47.8 Å². The molecule has 1 saturated carbocycles. The fourth-order valence-corrected chi connectivity index (χ4v) is 9.64. The Hall–Kier alpha value is -6.87. The van der Waals surface area contributed by atoms with Gasteiger partial charge in [-0.3, -0.25) is 19.9 Å². The molecule has 2 aromatic carbocycles. The standard InChI is InChI=1S/C55H69F5N10O8/c1-53(2,3)47(65-51(74)76-6)50(73)67-69(28-40-41(56)23-35(24-42(40)57)43(61)20-21-62-36-15-16-36)29-45(71)44(64-49(72)48(66-52(75)77-7)54(4,5)55(58,59)60)22-33-11-8-32(9-12-33)10-13-34-14-19-46(63-25-34)68-26-37-17-18-38(27-68)70(37)39-30-78-31-39/h8-9,11-12,14,19-21,23-25,36-39,44-45,47-48,61-62,71H,15-18,22,26-31H2,1-7H3,(H,64,72)(H,65,74)(H,66,75)(H,67,73)/b21-20-,61-43?/t37?,38?,44-,45-,47+,48+/m0/s1. The minimum absolute atomic E-state index is 0.109. The molecule has 1 aromatic heterocycles. The highest BCUT2D eigenvalue weighted by Gasteiger charge is 2.56. The molecular weight excluding hydrogens is 1020 g/mol. The zero-order valence-electron chi connectivity index (χ0n) is 44.7. The Balaban J connectivity index is 1.14. The van der Waals surface area contributed by atoms with E-state index in [9.17, 15) is 37.5 Å². The van der Waals surface area contributed by atoms with Crippen molar-refractivity contribution in [2.24, 2.45) is 10.8 Å². The third-order valence-electron chi connectivity index (χ3n) is 14.6. The van der Waals surface area contributed by atoms with Gasteiger partial charge in [-0.1, -0.05) is 44.7 Å². The van der Waals surface area contributed by atoms with E-state index < -0.39 is 95.5 Å². The lowest BCUT2D eigenvalue weighted by atomic mass is 9.82. The molecule has 3 aliphatic heterocycles. The Morgan fingerprint density at radius 1 is 0.846 bits per heavy atom. The number of aliphatic hydroxyl groups is 1. The third-order valence-corrected chi connectivity index (χ3v) is 14.6. The van der Waals surface area contributed by atoms with E-state index in [1.54, 1.807) is 51.2 Å². The van der Waals surface area contributed by atoms with Crippen LogP contribution >= 0.6 is 0 Å². The Morgan fingerprint density at radius 3 is 1.96 bits per heavy atom. The SMILES string of the molecule is COC(=O)N[C@H](C(=O)NN(Cc1c(F)cc(C(=N)/C=C\NC2CC2)cc1F)C[C@H](O)[C@H](Cc1ccc(C#Cc2ccc(N3CC4CCC(C3)N4C3COC3)nc2)cc1)NC(=O)[C@@H](NC(=O)OC)C(C)(C)C(F)(F)F)C(C)(C)C. The average molecular weight is 1090 g/mol. The highest BCUT2D eigenvalue weighted by Crippen LogP contribution is 2.41. The van der Waals surface area contributed by atoms with Gasteiger partial charge in [0.1, 0.15) is 29.5 Å². The lowest BCUT2D eigenvalue weighted by molar-refractivity contribution is -0.220. The van der Waals surface area contributed by atoms with E-state index in [1.807, 2.05) is 17.4 Å². The lowest BCUT2D eigenvalue weighted by Gasteiger charge is -2.47. The molecule has 3 saturated heterocycles. The third kappa shape index (κ3) is 14.8. The number of fused-ring (bicyclic) bond motifs is 2. The van der Waals surface area contributed by atoms with E-state index >= 15 is 8.78 Å². The largest absolute Gasteiger partial charge is 0.453 e. The first-order valence-corrected chi connectivity index (χ1v) is 25.8. The Kier molecular flexibility index (Phi) is 18.7. The number of benzene rings is 2. The minimum Gasteiger partial charge on any atom is -0.453 e. The number of allylic oxidation sites excluding steroid dienone is 1. The molecule has 1 aliphatic carbocycles. The number of pyridine rings is 1. The van der Waals surface area contributed by atoms with Crippen LogP contribution in [0.15, 0.2) is 67.0 Å². The Bertz CT molecular complexity index is 2700. The minimum atomic E-state index is -5.06. The summed E-state index contributed by atoms with van der Waals surface area (Å²) in [6, 6.07) is 8.74. The van der Waals surface area contributed by atoms with Crippen molar-refractivity contribution in [1.82, 2.24) is 41.6 Å². The smallest absolute Gasteiger partial charge is 0.407 e. The predicted molar refractivity (Wildman–Crippen MR) is 279 cm³/mol. The number of alkyl carbamates (subject to hydrolysis) is 2. The number of hydrogen-bond donors (Lipinski definition) is 7. The second-order valence-electron chi connectivity index (χ2n) is 21.9. The molecular formula is C55H69F5N10O8. The van der Waals surface area contributed by atoms with E-state index in [0.717, 1.165) is 89.2 Å². The van der Waals surface area contributed by atoms with Gasteiger partial charge in [-0.05, 0) is 106 Å². The number of ether oxygens (including phenoxy) is 3. The van der Waals surface area contributed by atoms with Crippen molar-refractivity contribution in [3.63, 3.8) is 0 Å². The molecule has 0 spiro atoms. The normalized spacial score (nSPS) is 19.4. The van der Waals surface area contributed by atoms with E-state index in [0.29, 0.717) is 48.7 Å². The van der Waals surface area contributed by atoms with Crippen LogP contribution < -0.4 is 31.6 Å². The number of nitrogens with zero attached hydrogens (tertiary/aromatic N) is 4.